The molecule has 0 saturated heterocycles. The lowest BCUT2D eigenvalue weighted by Crippen LogP contribution is -2.20. The summed E-state index contributed by atoms with van der Waals surface area (Å²) in [5, 5.41) is 4.26. The van der Waals surface area contributed by atoms with Gasteiger partial charge in [-0.1, -0.05) is 6.07 Å². The first-order chi connectivity index (χ1) is 7.31. The summed E-state index contributed by atoms with van der Waals surface area (Å²) < 4.78 is 2.98. The van der Waals surface area contributed by atoms with Crippen molar-refractivity contribution >= 4 is 22.6 Å². The number of hydrogen-bond acceptors (Lipinski definition) is 3. The van der Waals surface area contributed by atoms with Crippen LogP contribution in [0.3, 0.4) is 0 Å². The van der Waals surface area contributed by atoms with E-state index in [1.54, 1.807) is 6.20 Å². The number of nitrogens with zero attached hydrogens (tertiary/aromatic N) is 3. The second-order valence-corrected chi connectivity index (χ2v) is 4.42. The van der Waals surface area contributed by atoms with Gasteiger partial charge in [-0.05, 0) is 34.2 Å². The zero-order chi connectivity index (χ0) is 10.7. The molecule has 0 bridgehead atoms. The lowest BCUT2D eigenvalue weighted by atomic mass is 10.1. The maximum Gasteiger partial charge on any atom is 0.0905 e. The van der Waals surface area contributed by atoms with Crippen molar-refractivity contribution in [3.05, 3.63) is 46.1 Å². The maximum absolute atomic E-state index is 5.76. The van der Waals surface area contributed by atoms with Crippen LogP contribution < -0.4 is 5.73 Å². The molecule has 0 fully saturated rings. The van der Waals surface area contributed by atoms with E-state index in [4.69, 9.17) is 5.73 Å². The van der Waals surface area contributed by atoms with E-state index in [1.807, 2.05) is 35.4 Å². The van der Waals surface area contributed by atoms with E-state index >= 15 is 0 Å². The van der Waals surface area contributed by atoms with Gasteiger partial charge in [0.15, 0.2) is 0 Å². The number of halogens is 1. The molecule has 0 aliphatic rings. The van der Waals surface area contributed by atoms with Gasteiger partial charge in [-0.25, -0.2) is 0 Å². The van der Waals surface area contributed by atoms with Gasteiger partial charge in [0.2, 0.25) is 0 Å². The third-order valence-electron chi connectivity index (χ3n) is 2.18. The highest BCUT2D eigenvalue weighted by Gasteiger charge is 2.12. The Morgan fingerprint density at radius 3 is 2.87 bits per heavy atom. The molecule has 0 amide bonds. The standard InChI is InChI=1S/C10H11IN4/c11-9-6-14-15(7-9)10(4-12)8-2-1-3-13-5-8/h1-3,5-7,10H,4,12H2. The topological polar surface area (TPSA) is 56.7 Å². The van der Waals surface area contributed by atoms with Crippen LogP contribution in [0.2, 0.25) is 0 Å². The van der Waals surface area contributed by atoms with Gasteiger partial charge in [-0.3, -0.25) is 9.67 Å². The molecule has 1 atom stereocenters. The summed E-state index contributed by atoms with van der Waals surface area (Å²) in [6.45, 7) is 0.517. The normalized spacial score (nSPS) is 12.7. The second-order valence-electron chi connectivity index (χ2n) is 3.18. The van der Waals surface area contributed by atoms with E-state index in [0.717, 1.165) is 9.13 Å². The first kappa shape index (κ1) is 10.6. The van der Waals surface area contributed by atoms with Gasteiger partial charge in [0.05, 0.1) is 15.8 Å². The fourth-order valence-electron chi connectivity index (χ4n) is 1.46. The lowest BCUT2D eigenvalue weighted by Gasteiger charge is -2.14. The third-order valence-corrected chi connectivity index (χ3v) is 2.74. The Bertz CT molecular complexity index is 426. The first-order valence-corrected chi connectivity index (χ1v) is 5.69. The van der Waals surface area contributed by atoms with Crippen LogP contribution in [-0.2, 0) is 0 Å². The molecule has 2 N–H and O–H groups in total. The van der Waals surface area contributed by atoms with Crippen molar-refractivity contribution in [1.29, 1.82) is 0 Å². The van der Waals surface area contributed by atoms with Gasteiger partial charge in [-0.2, -0.15) is 5.10 Å². The molecule has 1 unspecified atom stereocenters. The number of rotatable bonds is 3. The summed E-state index contributed by atoms with van der Waals surface area (Å²) >= 11 is 2.23. The molecule has 2 aromatic heterocycles. The van der Waals surface area contributed by atoms with Gasteiger partial charge >= 0.3 is 0 Å². The molecule has 5 heteroatoms. The summed E-state index contributed by atoms with van der Waals surface area (Å²) in [4.78, 5) is 4.09. The zero-order valence-electron chi connectivity index (χ0n) is 8.05. The van der Waals surface area contributed by atoms with Crippen molar-refractivity contribution in [2.75, 3.05) is 6.54 Å². The van der Waals surface area contributed by atoms with Crippen molar-refractivity contribution < 1.29 is 0 Å². The average Bonchev–Trinajstić information content (AvgIpc) is 2.68. The highest BCUT2D eigenvalue weighted by molar-refractivity contribution is 14.1. The van der Waals surface area contributed by atoms with E-state index in [9.17, 15) is 0 Å². The molecule has 0 aromatic carbocycles. The maximum atomic E-state index is 5.76. The summed E-state index contributed by atoms with van der Waals surface area (Å²) in [5.41, 5.74) is 6.84. The highest BCUT2D eigenvalue weighted by atomic mass is 127. The predicted octanol–water partition coefficient (Wildman–Crippen LogP) is 1.43. The monoisotopic (exact) mass is 314 g/mol. The zero-order valence-corrected chi connectivity index (χ0v) is 10.2. The summed E-state index contributed by atoms with van der Waals surface area (Å²) in [6, 6.07) is 3.99. The third kappa shape index (κ3) is 2.35. The molecule has 2 aromatic rings. The summed E-state index contributed by atoms with van der Waals surface area (Å²) in [5.74, 6) is 0. The smallest absolute Gasteiger partial charge is 0.0905 e. The van der Waals surface area contributed by atoms with Gasteiger partial charge < -0.3 is 5.73 Å². The Morgan fingerprint density at radius 2 is 2.33 bits per heavy atom. The average molecular weight is 314 g/mol. The molecule has 0 aliphatic carbocycles. The molecular formula is C10H11IN4. The van der Waals surface area contributed by atoms with Crippen LogP contribution in [-0.4, -0.2) is 21.3 Å². The van der Waals surface area contributed by atoms with Crippen LogP contribution in [0.15, 0.2) is 36.9 Å². The molecule has 0 saturated carbocycles. The first-order valence-electron chi connectivity index (χ1n) is 4.61. The largest absolute Gasteiger partial charge is 0.328 e. The molecule has 0 radical (unpaired) electrons. The van der Waals surface area contributed by atoms with Crippen molar-refractivity contribution in [3.63, 3.8) is 0 Å². The van der Waals surface area contributed by atoms with Crippen molar-refractivity contribution in [2.45, 2.75) is 6.04 Å². The Kier molecular flexibility index (Phi) is 3.32. The predicted molar refractivity (Wildman–Crippen MR) is 66.4 cm³/mol. The van der Waals surface area contributed by atoms with Crippen LogP contribution in [0.1, 0.15) is 11.6 Å². The SMILES string of the molecule is NCC(c1cccnc1)n1cc(I)cn1. The number of aromatic nitrogens is 3. The van der Waals surface area contributed by atoms with E-state index < -0.39 is 0 Å². The Hall–Kier alpha value is -0.950. The number of hydrogen-bond donors (Lipinski definition) is 1. The van der Waals surface area contributed by atoms with Crippen LogP contribution >= 0.6 is 22.6 Å². The number of pyridine rings is 1. The van der Waals surface area contributed by atoms with Crippen molar-refractivity contribution in [3.8, 4) is 0 Å². The summed E-state index contributed by atoms with van der Waals surface area (Å²) in [7, 11) is 0. The summed E-state index contributed by atoms with van der Waals surface area (Å²) in [6.07, 6.45) is 7.38. The molecule has 2 rings (SSSR count). The van der Waals surface area contributed by atoms with Gasteiger partial charge in [0.25, 0.3) is 0 Å². The van der Waals surface area contributed by atoms with Gasteiger partial charge in [0, 0.05) is 25.1 Å². The lowest BCUT2D eigenvalue weighted by molar-refractivity contribution is 0.530. The molecule has 78 valence electrons. The molecule has 0 spiro atoms. The van der Waals surface area contributed by atoms with Crippen LogP contribution in [0.5, 0.6) is 0 Å². The van der Waals surface area contributed by atoms with Crippen molar-refractivity contribution in [2.24, 2.45) is 5.73 Å². The van der Waals surface area contributed by atoms with Gasteiger partial charge in [0.1, 0.15) is 0 Å². The molecule has 2 heterocycles. The van der Waals surface area contributed by atoms with E-state index in [1.165, 1.54) is 0 Å². The Balaban J connectivity index is 2.33. The quantitative estimate of drug-likeness (QED) is 0.872. The minimum Gasteiger partial charge on any atom is -0.328 e. The van der Waals surface area contributed by atoms with Gasteiger partial charge in [-0.15, -0.1) is 0 Å². The van der Waals surface area contributed by atoms with E-state index in [2.05, 4.69) is 32.7 Å². The fourth-order valence-corrected chi connectivity index (χ4v) is 1.87. The van der Waals surface area contributed by atoms with E-state index in [0.29, 0.717) is 6.54 Å². The highest BCUT2D eigenvalue weighted by Crippen LogP contribution is 2.16. The van der Waals surface area contributed by atoms with Crippen LogP contribution in [0.4, 0.5) is 0 Å². The fraction of sp³-hybridized carbons (Fsp3) is 0.200. The Labute approximate surface area is 102 Å². The minimum atomic E-state index is 0.0715. The van der Waals surface area contributed by atoms with E-state index in [-0.39, 0.29) is 6.04 Å². The van der Waals surface area contributed by atoms with Crippen LogP contribution in [0, 0.1) is 3.57 Å². The molecule has 15 heavy (non-hydrogen) atoms. The molecule has 4 nitrogen and oxygen atoms in total. The molecule has 0 aliphatic heterocycles. The molecular weight excluding hydrogens is 303 g/mol. The Morgan fingerprint density at radius 1 is 1.47 bits per heavy atom. The van der Waals surface area contributed by atoms with Crippen molar-refractivity contribution in [1.82, 2.24) is 14.8 Å². The number of nitrogens with two attached hydrogens (primary N) is 1. The minimum absolute atomic E-state index is 0.0715. The van der Waals surface area contributed by atoms with Crippen LogP contribution in [0.25, 0.3) is 0 Å². The second kappa shape index (κ2) is 4.71.